The van der Waals surface area contributed by atoms with E-state index >= 15 is 0 Å². The summed E-state index contributed by atoms with van der Waals surface area (Å²) >= 11 is 3.70. The molecule has 0 aliphatic heterocycles. The van der Waals surface area contributed by atoms with E-state index in [0.717, 1.165) is 25.9 Å². The lowest BCUT2D eigenvalue weighted by molar-refractivity contribution is -0.682. The van der Waals surface area contributed by atoms with Crippen molar-refractivity contribution in [3.8, 4) is 16.8 Å². The number of thiocyanates is 1. The van der Waals surface area contributed by atoms with Crippen LogP contribution in [0, 0.1) is 10.7 Å². The first-order valence-corrected chi connectivity index (χ1v) is 12.0. The molecule has 1 aromatic heterocycles. The summed E-state index contributed by atoms with van der Waals surface area (Å²) in [5.41, 5.74) is 1.29. The Morgan fingerprint density at radius 1 is 1.09 bits per heavy atom. The Kier molecular flexibility index (Phi) is 15.4. The second-order valence-corrected chi connectivity index (χ2v) is 7.79. The number of nitriles is 1. The fourth-order valence-electron chi connectivity index (χ4n) is 3.67. The lowest BCUT2D eigenvalue weighted by atomic mass is 10.1. The van der Waals surface area contributed by atoms with Gasteiger partial charge in [-0.3, -0.25) is 0 Å². The van der Waals surface area contributed by atoms with Crippen molar-refractivity contribution in [2.75, 3.05) is 6.61 Å². The van der Waals surface area contributed by atoms with Crippen molar-refractivity contribution < 1.29 is 14.1 Å². The SMILES string of the molecule is C=CC(=O)OCCCCCCCCCCCn1cc[n+](CC)c1-c1ccccc1.N#C[S-]. The average molecular weight is 456 g/mol. The summed E-state index contributed by atoms with van der Waals surface area (Å²) in [6.07, 6.45) is 16.7. The Labute approximate surface area is 199 Å². The monoisotopic (exact) mass is 455 g/mol. The molecule has 2 aromatic rings. The predicted molar refractivity (Wildman–Crippen MR) is 131 cm³/mol. The van der Waals surface area contributed by atoms with Gasteiger partial charge in [-0.1, -0.05) is 68.7 Å². The zero-order chi connectivity index (χ0) is 23.4. The second kappa shape index (κ2) is 18.0. The molecule has 0 saturated heterocycles. The van der Waals surface area contributed by atoms with E-state index in [4.69, 9.17) is 10.00 Å². The highest BCUT2D eigenvalue weighted by molar-refractivity contribution is 7.64. The molecule has 0 aliphatic rings. The van der Waals surface area contributed by atoms with Crippen LogP contribution >= 0.6 is 0 Å². The lowest BCUT2D eigenvalue weighted by Crippen LogP contribution is -2.33. The van der Waals surface area contributed by atoms with E-state index in [1.54, 1.807) is 0 Å². The van der Waals surface area contributed by atoms with Crippen molar-refractivity contribution in [2.24, 2.45) is 0 Å². The van der Waals surface area contributed by atoms with Crippen molar-refractivity contribution in [3.05, 3.63) is 55.4 Å². The minimum absolute atomic E-state index is 0.315. The molecule has 6 heteroatoms. The number of aromatic nitrogens is 2. The quantitative estimate of drug-likeness (QED) is 0.0861. The first-order chi connectivity index (χ1) is 15.7. The summed E-state index contributed by atoms with van der Waals surface area (Å²) in [5.74, 6) is 0.997. The van der Waals surface area contributed by atoms with E-state index in [2.05, 4.69) is 78.0 Å². The lowest BCUT2D eigenvalue weighted by Gasteiger charge is -2.05. The van der Waals surface area contributed by atoms with Gasteiger partial charge in [0, 0.05) is 6.08 Å². The molecule has 0 amide bonds. The van der Waals surface area contributed by atoms with Gasteiger partial charge in [0.1, 0.15) is 12.4 Å². The van der Waals surface area contributed by atoms with Crippen LogP contribution in [0.1, 0.15) is 64.7 Å². The number of unbranched alkanes of at least 4 members (excludes halogenated alkanes) is 8. The highest BCUT2D eigenvalue weighted by Gasteiger charge is 2.17. The minimum Gasteiger partial charge on any atom is -0.696 e. The van der Waals surface area contributed by atoms with Gasteiger partial charge in [0.25, 0.3) is 5.82 Å². The highest BCUT2D eigenvalue weighted by Crippen LogP contribution is 2.17. The molecule has 0 atom stereocenters. The minimum atomic E-state index is -0.315. The molecule has 1 heterocycles. The number of esters is 1. The topological polar surface area (TPSA) is 58.9 Å². The summed E-state index contributed by atoms with van der Waals surface area (Å²) in [4.78, 5) is 10.9. The Bertz CT molecular complexity index is 812. The van der Waals surface area contributed by atoms with Gasteiger partial charge < -0.3 is 17.4 Å². The molecule has 5 nitrogen and oxygen atoms in total. The number of aryl methyl sites for hydroxylation is 2. The molecule has 0 saturated carbocycles. The molecule has 0 bridgehead atoms. The molecule has 0 fully saturated rings. The third-order valence-corrected chi connectivity index (χ3v) is 5.30. The van der Waals surface area contributed by atoms with Gasteiger partial charge in [-0.2, -0.15) is 0 Å². The molecule has 174 valence electrons. The number of rotatable bonds is 15. The predicted octanol–water partition coefficient (Wildman–Crippen LogP) is 5.72. The van der Waals surface area contributed by atoms with Crippen LogP contribution in [0.25, 0.3) is 11.4 Å². The summed E-state index contributed by atoms with van der Waals surface area (Å²) in [6.45, 7) is 8.19. The molecule has 0 N–H and O–H groups in total. The van der Waals surface area contributed by atoms with Crippen molar-refractivity contribution >= 4 is 18.6 Å². The van der Waals surface area contributed by atoms with E-state index in [-0.39, 0.29) is 5.97 Å². The van der Waals surface area contributed by atoms with Crippen molar-refractivity contribution in [2.45, 2.75) is 77.8 Å². The van der Waals surface area contributed by atoms with E-state index in [1.807, 2.05) is 0 Å². The van der Waals surface area contributed by atoms with Gasteiger partial charge >= 0.3 is 5.97 Å². The van der Waals surface area contributed by atoms with E-state index in [1.165, 1.54) is 67.8 Å². The van der Waals surface area contributed by atoms with Crippen LogP contribution in [-0.2, 0) is 35.2 Å². The molecule has 0 radical (unpaired) electrons. The normalized spacial score (nSPS) is 10.0. The maximum atomic E-state index is 10.9. The van der Waals surface area contributed by atoms with Crippen LogP contribution in [0.4, 0.5) is 0 Å². The number of nitrogens with zero attached hydrogens (tertiary/aromatic N) is 3. The fourth-order valence-corrected chi connectivity index (χ4v) is 3.67. The third-order valence-electron chi connectivity index (χ3n) is 5.30. The van der Waals surface area contributed by atoms with Crippen LogP contribution in [0.5, 0.6) is 0 Å². The van der Waals surface area contributed by atoms with Crippen LogP contribution in [0.15, 0.2) is 55.4 Å². The zero-order valence-corrected chi connectivity index (χ0v) is 20.2. The van der Waals surface area contributed by atoms with Crippen molar-refractivity contribution in [3.63, 3.8) is 0 Å². The standard InChI is InChI=1S/C25H37N2O2.CHNS/c1-3-24(28)29-22-16-11-9-7-5-6-8-10-15-19-27-21-20-26(4-2)25(27)23-17-13-12-14-18-23;2-1-3/h3,12-14,17-18,20-21H,1,4-11,15-16,19,22H2,2H3;3H/q+1;/p-1. The molecular weight excluding hydrogens is 418 g/mol. The fraction of sp³-hybridized carbons (Fsp3) is 0.500. The molecule has 0 spiro atoms. The molecule has 0 unspecified atom stereocenters. The summed E-state index contributed by atoms with van der Waals surface area (Å²) in [6, 6.07) is 10.7. The first kappa shape index (κ1) is 27.4. The van der Waals surface area contributed by atoms with E-state index < -0.39 is 0 Å². The molecule has 2 rings (SSSR count). The number of ether oxygens (including phenoxy) is 1. The van der Waals surface area contributed by atoms with Crippen molar-refractivity contribution in [1.82, 2.24) is 4.57 Å². The largest absolute Gasteiger partial charge is 0.696 e. The number of hydrogen-bond donors (Lipinski definition) is 0. The molecular formula is C26H37N3O2S. The number of benzene rings is 1. The van der Waals surface area contributed by atoms with Gasteiger partial charge in [-0.05, 0) is 38.3 Å². The Morgan fingerprint density at radius 2 is 1.66 bits per heavy atom. The third kappa shape index (κ3) is 11.1. The van der Waals surface area contributed by atoms with E-state index in [0.29, 0.717) is 6.61 Å². The van der Waals surface area contributed by atoms with E-state index in [9.17, 15) is 4.79 Å². The highest BCUT2D eigenvalue weighted by atomic mass is 32.1. The summed E-state index contributed by atoms with van der Waals surface area (Å²) in [7, 11) is 0. The maximum absolute atomic E-state index is 10.9. The second-order valence-electron chi connectivity index (χ2n) is 7.61. The Balaban J connectivity index is 0.00000161. The van der Waals surface area contributed by atoms with Gasteiger partial charge in [-0.25, -0.2) is 19.2 Å². The van der Waals surface area contributed by atoms with Crippen LogP contribution in [0.3, 0.4) is 0 Å². The maximum Gasteiger partial charge on any atom is 0.330 e. The number of imidazole rings is 1. The zero-order valence-electron chi connectivity index (χ0n) is 19.4. The number of hydrogen-bond acceptors (Lipinski definition) is 4. The first-order valence-electron chi connectivity index (χ1n) is 11.6. The Morgan fingerprint density at radius 3 is 2.22 bits per heavy atom. The van der Waals surface area contributed by atoms with Crippen LogP contribution in [0.2, 0.25) is 0 Å². The number of carbonyl (C=O) groups excluding carboxylic acids is 1. The summed E-state index contributed by atoms with van der Waals surface area (Å²) < 4.78 is 9.71. The smallest absolute Gasteiger partial charge is 0.330 e. The molecule has 1 aromatic carbocycles. The molecule has 0 aliphatic carbocycles. The van der Waals surface area contributed by atoms with Crippen LogP contribution < -0.4 is 4.57 Å². The summed E-state index contributed by atoms with van der Waals surface area (Å²) in [5, 5.41) is 8.47. The van der Waals surface area contributed by atoms with Gasteiger partial charge in [0.15, 0.2) is 0 Å². The van der Waals surface area contributed by atoms with Crippen molar-refractivity contribution in [1.29, 1.82) is 5.26 Å². The average Bonchev–Trinajstić information content (AvgIpc) is 3.23. The van der Waals surface area contributed by atoms with Crippen LogP contribution in [-0.4, -0.2) is 17.1 Å². The van der Waals surface area contributed by atoms with Gasteiger partial charge in [0.05, 0.1) is 25.3 Å². The van der Waals surface area contributed by atoms with Gasteiger partial charge in [0.2, 0.25) is 0 Å². The number of carbonyl (C=O) groups is 1. The Hall–Kier alpha value is -2.65. The molecule has 32 heavy (non-hydrogen) atoms. The van der Waals surface area contributed by atoms with Gasteiger partial charge in [-0.15, -0.1) is 0 Å².